The number of carbonyl (C=O) groups is 1. The van der Waals surface area contributed by atoms with Crippen molar-refractivity contribution in [2.75, 3.05) is 5.32 Å². The van der Waals surface area contributed by atoms with Crippen LogP contribution in [0.5, 0.6) is 0 Å². The molecule has 0 saturated heterocycles. The van der Waals surface area contributed by atoms with Crippen molar-refractivity contribution in [3.05, 3.63) is 68.3 Å². The van der Waals surface area contributed by atoms with Gasteiger partial charge in [-0.2, -0.15) is 0 Å². The zero-order valence-corrected chi connectivity index (χ0v) is 16.9. The number of nitro groups is 2. The molecular formula is C19H16ClN3O6S. The van der Waals surface area contributed by atoms with Gasteiger partial charge in [0.25, 0.3) is 11.4 Å². The molecule has 2 aromatic rings. The second kappa shape index (κ2) is 7.77. The minimum atomic E-state index is -1.12. The number of thioether (sulfide) groups is 1. The molecule has 0 bridgehead atoms. The molecule has 156 valence electrons. The maximum absolute atomic E-state index is 11.9. The Balaban J connectivity index is 1.73. The summed E-state index contributed by atoms with van der Waals surface area (Å²) in [7, 11) is 0. The van der Waals surface area contributed by atoms with Gasteiger partial charge < -0.3 is 10.4 Å². The highest BCUT2D eigenvalue weighted by atomic mass is 35.5. The van der Waals surface area contributed by atoms with E-state index in [1.807, 2.05) is 0 Å². The summed E-state index contributed by atoms with van der Waals surface area (Å²) >= 11 is 8.03. The van der Waals surface area contributed by atoms with Gasteiger partial charge in [-0.3, -0.25) is 20.2 Å². The summed E-state index contributed by atoms with van der Waals surface area (Å²) in [5.74, 6) is -1.95. The van der Waals surface area contributed by atoms with E-state index >= 15 is 0 Å². The first-order valence-corrected chi connectivity index (χ1v) is 10.4. The van der Waals surface area contributed by atoms with Crippen LogP contribution in [0.25, 0.3) is 0 Å². The van der Waals surface area contributed by atoms with Crippen molar-refractivity contribution in [1.82, 2.24) is 0 Å². The molecule has 1 aliphatic heterocycles. The molecular weight excluding hydrogens is 434 g/mol. The van der Waals surface area contributed by atoms with Crippen LogP contribution in [0.3, 0.4) is 0 Å². The van der Waals surface area contributed by atoms with Crippen molar-refractivity contribution < 1.29 is 19.7 Å². The molecule has 1 saturated carbocycles. The predicted molar refractivity (Wildman–Crippen MR) is 111 cm³/mol. The first-order chi connectivity index (χ1) is 14.3. The molecule has 0 spiro atoms. The fourth-order valence-corrected chi connectivity index (χ4v) is 6.34. The lowest BCUT2D eigenvalue weighted by molar-refractivity contribution is -0.387. The van der Waals surface area contributed by atoms with Gasteiger partial charge in [0.15, 0.2) is 0 Å². The minimum Gasteiger partial charge on any atom is -0.480 e. The molecule has 0 amide bonds. The lowest BCUT2D eigenvalue weighted by Crippen LogP contribution is -2.42. The number of nitro benzene ring substituents is 2. The molecule has 1 fully saturated rings. The topological polar surface area (TPSA) is 136 Å². The normalized spacial score (nSPS) is 26.9. The number of hydrogen-bond donors (Lipinski definition) is 2. The number of alkyl halides is 1. The summed E-state index contributed by atoms with van der Waals surface area (Å²) in [6.07, 6.45) is 0.404. The van der Waals surface area contributed by atoms with E-state index in [1.165, 1.54) is 23.9 Å². The van der Waals surface area contributed by atoms with E-state index in [-0.39, 0.29) is 22.3 Å². The molecule has 4 rings (SSSR count). The Hall–Kier alpha value is -2.85. The van der Waals surface area contributed by atoms with Crippen LogP contribution in [0.1, 0.15) is 17.9 Å². The highest BCUT2D eigenvalue weighted by Gasteiger charge is 2.53. The second-order valence-electron chi connectivity index (χ2n) is 7.21. The second-order valence-corrected chi connectivity index (χ2v) is 8.99. The molecule has 5 atom stereocenters. The number of halogens is 1. The summed E-state index contributed by atoms with van der Waals surface area (Å²) < 4.78 is 0. The van der Waals surface area contributed by atoms with Gasteiger partial charge in [0, 0.05) is 23.3 Å². The number of hydrogen-bond acceptors (Lipinski definition) is 7. The third kappa shape index (κ3) is 3.35. The summed E-state index contributed by atoms with van der Waals surface area (Å²) in [5, 5.41) is 34.5. The smallest absolute Gasteiger partial charge is 0.326 e. The van der Waals surface area contributed by atoms with Crippen LogP contribution in [0.4, 0.5) is 17.1 Å². The Morgan fingerprint density at radius 2 is 1.77 bits per heavy atom. The maximum Gasteiger partial charge on any atom is 0.326 e. The van der Waals surface area contributed by atoms with E-state index in [0.717, 1.165) is 0 Å². The molecule has 0 radical (unpaired) electrons. The third-order valence-corrected chi connectivity index (χ3v) is 7.74. The van der Waals surface area contributed by atoms with Gasteiger partial charge in [-0.15, -0.1) is 23.4 Å². The molecule has 2 N–H and O–H groups in total. The van der Waals surface area contributed by atoms with Crippen molar-refractivity contribution in [2.24, 2.45) is 5.92 Å². The fraction of sp³-hybridized carbons (Fsp3) is 0.316. The number of benzene rings is 2. The molecule has 30 heavy (non-hydrogen) atoms. The molecule has 9 nitrogen and oxygen atoms in total. The van der Waals surface area contributed by atoms with E-state index in [4.69, 9.17) is 11.6 Å². The van der Waals surface area contributed by atoms with Crippen LogP contribution in [-0.4, -0.2) is 37.6 Å². The van der Waals surface area contributed by atoms with Crippen molar-refractivity contribution >= 4 is 46.4 Å². The Morgan fingerprint density at radius 1 is 1.10 bits per heavy atom. The SMILES string of the molecule is O=C(O)[C@@H]1Nc2c(cccc2[N+](=O)[O-])[C@@H]2[C@H](Cl)[C@@H](Sc3ccccc3[N+](=O)[O-])C[C@@H]21. The first kappa shape index (κ1) is 20.4. The quantitative estimate of drug-likeness (QED) is 0.392. The highest BCUT2D eigenvalue weighted by Crippen LogP contribution is 2.56. The van der Waals surface area contributed by atoms with E-state index < -0.39 is 39.1 Å². The summed E-state index contributed by atoms with van der Waals surface area (Å²) in [6.45, 7) is 0. The van der Waals surface area contributed by atoms with Gasteiger partial charge in [-0.25, -0.2) is 4.79 Å². The molecule has 1 heterocycles. The van der Waals surface area contributed by atoms with E-state index in [2.05, 4.69) is 5.32 Å². The van der Waals surface area contributed by atoms with Gasteiger partial charge in [0.1, 0.15) is 11.7 Å². The number of fused-ring (bicyclic) bond motifs is 3. The molecule has 2 aliphatic rings. The van der Waals surface area contributed by atoms with Gasteiger partial charge in [-0.05, 0) is 24.0 Å². The van der Waals surface area contributed by atoms with Gasteiger partial charge >= 0.3 is 5.97 Å². The zero-order chi connectivity index (χ0) is 21.6. The number of anilines is 1. The molecule has 1 aliphatic carbocycles. The van der Waals surface area contributed by atoms with Crippen molar-refractivity contribution in [3.63, 3.8) is 0 Å². The zero-order valence-electron chi connectivity index (χ0n) is 15.3. The van der Waals surface area contributed by atoms with Gasteiger partial charge in [0.05, 0.1) is 20.1 Å². The van der Waals surface area contributed by atoms with Crippen LogP contribution in [0, 0.1) is 26.1 Å². The van der Waals surface area contributed by atoms with Crippen LogP contribution in [0.2, 0.25) is 0 Å². The number of rotatable bonds is 5. The number of carboxylic acids is 1. The van der Waals surface area contributed by atoms with Crippen molar-refractivity contribution in [3.8, 4) is 0 Å². The van der Waals surface area contributed by atoms with Crippen LogP contribution in [-0.2, 0) is 4.79 Å². The van der Waals surface area contributed by atoms with E-state index in [1.54, 1.807) is 30.3 Å². The van der Waals surface area contributed by atoms with Crippen LogP contribution < -0.4 is 5.32 Å². The number of carboxylic acid groups (broad SMARTS) is 1. The van der Waals surface area contributed by atoms with Gasteiger partial charge in [0.2, 0.25) is 0 Å². The number of nitrogens with zero attached hydrogens (tertiary/aromatic N) is 2. The Morgan fingerprint density at radius 3 is 2.43 bits per heavy atom. The third-order valence-electron chi connectivity index (χ3n) is 5.63. The maximum atomic E-state index is 11.9. The number of aliphatic carboxylic acids is 1. The predicted octanol–water partition coefficient (Wildman–Crippen LogP) is 4.25. The summed E-state index contributed by atoms with van der Waals surface area (Å²) in [4.78, 5) is 34.2. The molecule has 0 unspecified atom stereocenters. The lowest BCUT2D eigenvalue weighted by Gasteiger charge is -2.35. The van der Waals surface area contributed by atoms with Crippen LogP contribution >= 0.6 is 23.4 Å². The average molecular weight is 450 g/mol. The average Bonchev–Trinajstić information content (AvgIpc) is 3.03. The van der Waals surface area contributed by atoms with Crippen molar-refractivity contribution in [2.45, 2.75) is 33.9 Å². The van der Waals surface area contributed by atoms with E-state index in [0.29, 0.717) is 16.9 Å². The fourth-order valence-electron chi connectivity index (χ4n) is 4.39. The summed E-state index contributed by atoms with van der Waals surface area (Å²) in [6, 6.07) is 9.88. The Kier molecular flexibility index (Phi) is 5.29. The molecule has 2 aromatic carbocycles. The van der Waals surface area contributed by atoms with Crippen molar-refractivity contribution in [1.29, 1.82) is 0 Å². The van der Waals surface area contributed by atoms with Gasteiger partial charge in [-0.1, -0.05) is 24.3 Å². The molecule has 11 heteroatoms. The van der Waals surface area contributed by atoms with E-state index in [9.17, 15) is 30.1 Å². The lowest BCUT2D eigenvalue weighted by atomic mass is 9.79. The van der Waals surface area contributed by atoms with Crippen LogP contribution in [0.15, 0.2) is 47.4 Å². The number of para-hydroxylation sites is 2. The minimum absolute atomic E-state index is 0.0369. The number of nitrogens with one attached hydrogen (secondary N) is 1. The highest BCUT2D eigenvalue weighted by molar-refractivity contribution is 8.00. The monoisotopic (exact) mass is 449 g/mol. The Bertz CT molecular complexity index is 1050. The summed E-state index contributed by atoms with van der Waals surface area (Å²) in [5.41, 5.74) is 0.552. The largest absolute Gasteiger partial charge is 0.480 e. The standard InChI is InChI=1S/C19H16ClN3O6S/c20-16-14(30-13-7-2-1-5-11(13)22(26)27)8-10-15(16)9-4-3-6-12(23(28)29)17(9)21-18(10)19(24)25/h1-7,10,14-16,18,21H,8H2,(H,24,25)/t10-,14-,15-,16+,18+/m0/s1. The molecule has 0 aromatic heterocycles. The first-order valence-electron chi connectivity index (χ1n) is 9.10. The Labute approximate surface area is 179 Å².